The maximum absolute atomic E-state index is 12.4. The molecule has 1 amide bonds. The van der Waals surface area contributed by atoms with Gasteiger partial charge in [0.15, 0.2) is 0 Å². The Morgan fingerprint density at radius 1 is 1.32 bits per heavy atom. The summed E-state index contributed by atoms with van der Waals surface area (Å²) in [6, 6.07) is -0.181. The lowest BCUT2D eigenvalue weighted by Crippen LogP contribution is -2.51. The number of nitrogens with one attached hydrogen (secondary N) is 1. The smallest absolute Gasteiger partial charge is 0.245 e. The second-order valence-corrected chi connectivity index (χ2v) is 7.10. The second-order valence-electron chi connectivity index (χ2n) is 5.02. The number of piperazine rings is 1. The molecule has 1 N–H and O–H groups in total. The molecular weight excluding hydrogens is 305 g/mol. The van der Waals surface area contributed by atoms with Gasteiger partial charge in [0.1, 0.15) is 10.4 Å². The van der Waals surface area contributed by atoms with Gasteiger partial charge < -0.3 is 15.1 Å². The Kier molecular flexibility index (Phi) is 3.64. The van der Waals surface area contributed by atoms with E-state index in [0.717, 1.165) is 36.7 Å². The van der Waals surface area contributed by atoms with Crippen LogP contribution in [0.2, 0.25) is 9.36 Å². The number of nitrogens with zero attached hydrogens (tertiary/aromatic N) is 2. The number of thiophene rings is 1. The fraction of sp³-hybridized carbons (Fsp3) is 0.583. The first-order chi connectivity index (χ1) is 9.06. The lowest BCUT2D eigenvalue weighted by atomic mass is 10.2. The van der Waals surface area contributed by atoms with Crippen LogP contribution in [0.5, 0.6) is 0 Å². The zero-order valence-electron chi connectivity index (χ0n) is 10.6. The highest BCUT2D eigenvalue weighted by Gasteiger charge is 2.34. The van der Waals surface area contributed by atoms with Gasteiger partial charge in [-0.05, 0) is 7.05 Å². The Bertz CT molecular complexity index is 511. The van der Waals surface area contributed by atoms with Crippen LogP contribution in [0.3, 0.4) is 0 Å². The van der Waals surface area contributed by atoms with Crippen LogP contribution in [0.15, 0.2) is 0 Å². The minimum Gasteiger partial charge on any atom is -0.371 e. The van der Waals surface area contributed by atoms with E-state index in [1.807, 2.05) is 4.90 Å². The number of halogens is 2. The van der Waals surface area contributed by atoms with Gasteiger partial charge in [-0.2, -0.15) is 0 Å². The molecule has 2 aliphatic heterocycles. The quantitative estimate of drug-likeness (QED) is 0.861. The third kappa shape index (κ3) is 2.44. The lowest BCUT2D eigenvalue weighted by Gasteiger charge is -2.34. The van der Waals surface area contributed by atoms with Gasteiger partial charge in [0.25, 0.3) is 0 Å². The van der Waals surface area contributed by atoms with E-state index in [1.165, 1.54) is 11.3 Å². The number of fused-ring (bicyclic) bond motifs is 1. The molecule has 1 atom stereocenters. The molecule has 3 heterocycles. The van der Waals surface area contributed by atoms with E-state index in [9.17, 15) is 4.79 Å². The van der Waals surface area contributed by atoms with Gasteiger partial charge in [-0.1, -0.05) is 23.2 Å². The van der Waals surface area contributed by atoms with Crippen LogP contribution in [-0.4, -0.2) is 55.0 Å². The van der Waals surface area contributed by atoms with Crippen molar-refractivity contribution in [2.45, 2.75) is 12.5 Å². The van der Waals surface area contributed by atoms with Crippen LogP contribution >= 0.6 is 34.5 Å². The van der Waals surface area contributed by atoms with Crippen LogP contribution in [-0.2, 0) is 11.2 Å². The van der Waals surface area contributed by atoms with Gasteiger partial charge in [0.2, 0.25) is 5.91 Å². The molecule has 1 aromatic rings. The van der Waals surface area contributed by atoms with Crippen molar-refractivity contribution in [3.8, 4) is 0 Å². The largest absolute Gasteiger partial charge is 0.371 e. The monoisotopic (exact) mass is 319 g/mol. The Morgan fingerprint density at radius 2 is 2.00 bits per heavy atom. The van der Waals surface area contributed by atoms with Crippen molar-refractivity contribution in [1.29, 1.82) is 0 Å². The summed E-state index contributed by atoms with van der Waals surface area (Å²) in [4.78, 5) is 17.7. The summed E-state index contributed by atoms with van der Waals surface area (Å²) in [6.45, 7) is 3.48. The lowest BCUT2D eigenvalue weighted by molar-refractivity contribution is -0.133. The molecule has 0 aromatic carbocycles. The number of likely N-dealkylation sites (N-methyl/N-ethyl adjacent to an activating group) is 1. The average Bonchev–Trinajstić information content (AvgIpc) is 2.91. The van der Waals surface area contributed by atoms with Gasteiger partial charge >= 0.3 is 0 Å². The zero-order valence-corrected chi connectivity index (χ0v) is 12.9. The number of hydrogen-bond acceptors (Lipinski definition) is 4. The molecule has 0 saturated carbocycles. The van der Waals surface area contributed by atoms with Gasteiger partial charge in [0, 0.05) is 37.5 Å². The van der Waals surface area contributed by atoms with E-state index in [-0.39, 0.29) is 11.9 Å². The number of rotatable bonds is 1. The van der Waals surface area contributed by atoms with Crippen molar-refractivity contribution in [3.05, 3.63) is 14.2 Å². The standard InChI is InChI=1S/C12H15Cl2N3OS/c1-16-2-4-17(5-3-16)12(18)7-6-8-10(15-7)9(13)11(14)19-8/h7,15H,2-6H2,1H3. The number of anilines is 1. The molecule has 0 bridgehead atoms. The summed E-state index contributed by atoms with van der Waals surface area (Å²) in [5.41, 5.74) is 0.851. The highest BCUT2D eigenvalue weighted by atomic mass is 35.5. The van der Waals surface area contributed by atoms with Crippen molar-refractivity contribution in [1.82, 2.24) is 9.80 Å². The summed E-state index contributed by atoms with van der Waals surface area (Å²) in [5.74, 6) is 0.170. The Labute approximate surface area is 126 Å². The third-order valence-corrected chi connectivity index (χ3v) is 5.71. The average molecular weight is 320 g/mol. The number of carbonyl (C=O) groups excluding carboxylic acids is 1. The third-order valence-electron chi connectivity index (χ3n) is 3.70. The summed E-state index contributed by atoms with van der Waals surface area (Å²) in [7, 11) is 2.08. The van der Waals surface area contributed by atoms with Crippen LogP contribution < -0.4 is 5.32 Å². The fourth-order valence-electron chi connectivity index (χ4n) is 2.52. The van der Waals surface area contributed by atoms with Gasteiger partial charge in [-0.15, -0.1) is 11.3 Å². The molecule has 2 aliphatic rings. The predicted octanol–water partition coefficient (Wildman–Crippen LogP) is 2.17. The summed E-state index contributed by atoms with van der Waals surface area (Å²) in [5, 5.41) is 3.77. The van der Waals surface area contributed by atoms with E-state index < -0.39 is 0 Å². The highest BCUT2D eigenvalue weighted by Crippen LogP contribution is 2.45. The summed E-state index contributed by atoms with van der Waals surface area (Å²) in [6.07, 6.45) is 0.692. The predicted molar refractivity (Wildman–Crippen MR) is 79.5 cm³/mol. The molecule has 0 radical (unpaired) electrons. The molecule has 1 fully saturated rings. The molecular formula is C12H15Cl2N3OS. The van der Waals surface area contributed by atoms with E-state index in [1.54, 1.807) is 0 Å². The minimum atomic E-state index is -0.181. The molecule has 1 saturated heterocycles. The molecule has 0 spiro atoms. The van der Waals surface area contributed by atoms with Crippen LogP contribution in [0.4, 0.5) is 5.69 Å². The normalized spacial score (nSPS) is 23.3. The SMILES string of the molecule is CN1CCN(C(=O)C2Cc3sc(Cl)c(Cl)c3N2)CC1. The van der Waals surface area contributed by atoms with E-state index >= 15 is 0 Å². The Hall–Kier alpha value is -0.490. The van der Waals surface area contributed by atoms with E-state index in [2.05, 4.69) is 17.3 Å². The molecule has 104 valence electrons. The molecule has 1 unspecified atom stereocenters. The molecule has 0 aliphatic carbocycles. The van der Waals surface area contributed by atoms with Gasteiger partial charge in [-0.3, -0.25) is 4.79 Å². The minimum absolute atomic E-state index is 0.170. The Morgan fingerprint density at radius 3 is 2.63 bits per heavy atom. The van der Waals surface area contributed by atoms with Crippen molar-refractivity contribution >= 4 is 46.1 Å². The number of carbonyl (C=O) groups is 1. The first-order valence-corrected chi connectivity index (χ1v) is 7.84. The first-order valence-electron chi connectivity index (χ1n) is 6.27. The van der Waals surface area contributed by atoms with Gasteiger partial charge in [-0.25, -0.2) is 0 Å². The maximum Gasteiger partial charge on any atom is 0.245 e. The van der Waals surface area contributed by atoms with E-state index in [0.29, 0.717) is 15.8 Å². The molecule has 7 heteroatoms. The molecule has 1 aromatic heterocycles. The van der Waals surface area contributed by atoms with Crippen molar-refractivity contribution in [2.24, 2.45) is 0 Å². The second kappa shape index (κ2) is 5.13. The molecule has 4 nitrogen and oxygen atoms in total. The van der Waals surface area contributed by atoms with Crippen LogP contribution in [0.1, 0.15) is 4.88 Å². The molecule has 3 rings (SSSR count). The van der Waals surface area contributed by atoms with Crippen LogP contribution in [0, 0.1) is 0 Å². The zero-order chi connectivity index (χ0) is 13.6. The number of hydrogen-bond donors (Lipinski definition) is 1. The number of amides is 1. The maximum atomic E-state index is 12.4. The van der Waals surface area contributed by atoms with E-state index in [4.69, 9.17) is 23.2 Å². The Balaban J connectivity index is 1.67. The topological polar surface area (TPSA) is 35.6 Å². The summed E-state index contributed by atoms with van der Waals surface area (Å²) >= 11 is 13.6. The van der Waals surface area contributed by atoms with Crippen molar-refractivity contribution < 1.29 is 4.79 Å². The van der Waals surface area contributed by atoms with Gasteiger partial charge in [0.05, 0.1) is 10.7 Å². The van der Waals surface area contributed by atoms with Crippen LogP contribution in [0.25, 0.3) is 0 Å². The van der Waals surface area contributed by atoms with Crippen molar-refractivity contribution in [3.63, 3.8) is 0 Å². The first kappa shape index (κ1) is 13.5. The molecule has 19 heavy (non-hydrogen) atoms. The fourth-order valence-corrected chi connectivity index (χ4v) is 4.15. The highest BCUT2D eigenvalue weighted by molar-refractivity contribution is 7.17. The summed E-state index contributed by atoms with van der Waals surface area (Å²) < 4.78 is 0.602. The van der Waals surface area contributed by atoms with Crippen molar-refractivity contribution in [2.75, 3.05) is 38.5 Å².